The van der Waals surface area contributed by atoms with Crippen LogP contribution < -0.4 is 0 Å². The lowest BCUT2D eigenvalue weighted by molar-refractivity contribution is 0.118. The maximum absolute atomic E-state index is 12.3. The molecule has 4 rings (SSSR count). The Morgan fingerprint density at radius 1 is 1.25 bits per heavy atom. The number of hydrogen-bond acceptors (Lipinski definition) is 5. The number of rotatable bonds is 5. The molecular weight excluding hydrogens is 374 g/mol. The van der Waals surface area contributed by atoms with Crippen molar-refractivity contribution >= 4 is 21.5 Å². The summed E-state index contributed by atoms with van der Waals surface area (Å²) in [6.07, 6.45) is 4.84. The molecule has 2 aliphatic rings. The Bertz CT molecular complexity index is 1040. The monoisotopic (exact) mass is 397 g/mol. The average Bonchev–Trinajstić information content (AvgIpc) is 3.21. The van der Waals surface area contributed by atoms with Crippen LogP contribution in [0.1, 0.15) is 31.0 Å². The van der Waals surface area contributed by atoms with Crippen molar-refractivity contribution in [3.05, 3.63) is 71.1 Å². The molecule has 0 aliphatic carbocycles. The molecule has 0 amide bonds. The first kappa shape index (κ1) is 18.9. The molecule has 0 unspecified atom stereocenters. The van der Waals surface area contributed by atoms with Crippen molar-refractivity contribution < 1.29 is 18.3 Å². The summed E-state index contributed by atoms with van der Waals surface area (Å²) < 4.78 is 30.4. The summed E-state index contributed by atoms with van der Waals surface area (Å²) in [6.45, 7) is 2.15. The predicted molar refractivity (Wildman–Crippen MR) is 109 cm³/mol. The van der Waals surface area contributed by atoms with E-state index in [9.17, 15) is 13.5 Å². The number of aromatic hydroxyl groups is 1. The van der Waals surface area contributed by atoms with Gasteiger partial charge in [-0.05, 0) is 55.2 Å². The molecule has 0 bridgehead atoms. The number of sulfone groups is 1. The molecule has 1 saturated heterocycles. The highest BCUT2D eigenvalue weighted by molar-refractivity contribution is 7.92. The van der Waals surface area contributed by atoms with E-state index in [-0.39, 0.29) is 24.2 Å². The van der Waals surface area contributed by atoms with Crippen LogP contribution in [0.4, 0.5) is 0 Å². The maximum Gasteiger partial charge on any atom is 0.163 e. The Morgan fingerprint density at radius 3 is 2.79 bits per heavy atom. The number of hydrogen-bond donors (Lipinski definition) is 1. The lowest BCUT2D eigenvalue weighted by atomic mass is 9.95. The summed E-state index contributed by atoms with van der Waals surface area (Å²) in [4.78, 5) is 4.46. The van der Waals surface area contributed by atoms with Crippen LogP contribution in [0.2, 0.25) is 0 Å². The molecule has 2 aliphatic heterocycles. The standard InChI is InChI=1S/C22H23NO4S/c1-15-14-28(25,26)21-13-27-20(22(15)21)10-9-16(18-7-4-5-11-23-18)12-17-6-2-3-8-19(17)24/h2-8,11-12,20-21,24H,9-10,13-14H2,1H3/b16-12-/t20-,21+/m1/s1. The van der Waals surface area contributed by atoms with Gasteiger partial charge in [0.1, 0.15) is 11.0 Å². The van der Waals surface area contributed by atoms with Crippen molar-refractivity contribution in [1.29, 1.82) is 0 Å². The number of nitrogens with zero attached hydrogens (tertiary/aromatic N) is 1. The molecule has 6 heteroatoms. The summed E-state index contributed by atoms with van der Waals surface area (Å²) in [5.41, 5.74) is 4.42. The minimum atomic E-state index is -3.11. The SMILES string of the molecule is CC1=C2[C@@H](CC/C(=C/c3ccccc3O)c3ccccn3)OC[C@@H]2S(=O)(=O)C1. The molecule has 1 N–H and O–H groups in total. The van der Waals surface area contributed by atoms with E-state index in [2.05, 4.69) is 4.98 Å². The van der Waals surface area contributed by atoms with E-state index in [0.717, 1.165) is 28.0 Å². The van der Waals surface area contributed by atoms with Gasteiger partial charge in [-0.25, -0.2) is 8.42 Å². The third kappa shape index (κ3) is 3.62. The Balaban J connectivity index is 1.60. The summed E-state index contributed by atoms with van der Waals surface area (Å²) >= 11 is 0. The van der Waals surface area contributed by atoms with Gasteiger partial charge in [0.05, 0.1) is 24.2 Å². The molecule has 1 fully saturated rings. The Labute approximate surface area is 165 Å². The van der Waals surface area contributed by atoms with Gasteiger partial charge in [0.25, 0.3) is 0 Å². The number of phenols is 1. The van der Waals surface area contributed by atoms with Crippen LogP contribution >= 0.6 is 0 Å². The van der Waals surface area contributed by atoms with Gasteiger partial charge in [-0.15, -0.1) is 0 Å². The van der Waals surface area contributed by atoms with Crippen molar-refractivity contribution in [3.63, 3.8) is 0 Å². The van der Waals surface area contributed by atoms with Crippen LogP contribution in [0.3, 0.4) is 0 Å². The number of pyridine rings is 1. The van der Waals surface area contributed by atoms with Crippen molar-refractivity contribution in [3.8, 4) is 5.75 Å². The second-order valence-corrected chi connectivity index (χ2v) is 9.52. The summed E-state index contributed by atoms with van der Waals surface area (Å²) in [6, 6.07) is 12.9. The van der Waals surface area contributed by atoms with Crippen LogP contribution in [0.5, 0.6) is 5.75 Å². The molecule has 0 saturated carbocycles. The molecule has 2 aromatic rings. The molecule has 0 spiro atoms. The average molecular weight is 397 g/mol. The number of para-hydroxylation sites is 1. The highest BCUT2D eigenvalue weighted by Crippen LogP contribution is 2.39. The highest BCUT2D eigenvalue weighted by atomic mass is 32.2. The van der Waals surface area contributed by atoms with Crippen LogP contribution in [0, 0.1) is 0 Å². The van der Waals surface area contributed by atoms with E-state index in [1.807, 2.05) is 43.3 Å². The molecule has 1 aromatic heterocycles. The van der Waals surface area contributed by atoms with E-state index in [4.69, 9.17) is 4.74 Å². The smallest absolute Gasteiger partial charge is 0.163 e. The van der Waals surface area contributed by atoms with E-state index in [0.29, 0.717) is 12.8 Å². The summed E-state index contributed by atoms with van der Waals surface area (Å²) in [7, 11) is -3.11. The number of phenolic OH excluding ortho intramolecular Hbond substituents is 1. The molecule has 1 aromatic carbocycles. The van der Waals surface area contributed by atoms with Gasteiger partial charge in [-0.3, -0.25) is 4.98 Å². The summed E-state index contributed by atoms with van der Waals surface area (Å²) in [5, 5.41) is 9.66. The van der Waals surface area contributed by atoms with E-state index < -0.39 is 15.1 Å². The molecule has 2 atom stereocenters. The number of allylic oxidation sites excluding steroid dienone is 1. The zero-order valence-electron chi connectivity index (χ0n) is 15.7. The van der Waals surface area contributed by atoms with Crippen molar-refractivity contribution in [2.45, 2.75) is 31.1 Å². The van der Waals surface area contributed by atoms with Crippen molar-refractivity contribution in [2.24, 2.45) is 0 Å². The van der Waals surface area contributed by atoms with Gasteiger partial charge >= 0.3 is 0 Å². The Kier molecular flexibility index (Phi) is 5.08. The zero-order valence-corrected chi connectivity index (χ0v) is 16.5. The first-order valence-corrected chi connectivity index (χ1v) is 11.1. The first-order chi connectivity index (χ1) is 13.5. The van der Waals surface area contributed by atoms with Crippen LogP contribution in [-0.2, 0) is 14.6 Å². The molecule has 3 heterocycles. The van der Waals surface area contributed by atoms with Crippen LogP contribution in [0.25, 0.3) is 11.6 Å². The summed E-state index contributed by atoms with van der Waals surface area (Å²) in [5.74, 6) is 0.363. The van der Waals surface area contributed by atoms with E-state index >= 15 is 0 Å². The fraction of sp³-hybridized carbons (Fsp3) is 0.318. The maximum atomic E-state index is 12.3. The van der Waals surface area contributed by atoms with Crippen molar-refractivity contribution in [2.75, 3.05) is 12.4 Å². The van der Waals surface area contributed by atoms with Gasteiger partial charge in [-0.2, -0.15) is 0 Å². The Hall–Kier alpha value is -2.44. The fourth-order valence-electron chi connectivity index (χ4n) is 4.07. The Morgan fingerprint density at radius 2 is 2.04 bits per heavy atom. The first-order valence-electron chi connectivity index (χ1n) is 9.38. The molecule has 146 valence electrons. The number of aromatic nitrogens is 1. The zero-order chi connectivity index (χ0) is 19.7. The van der Waals surface area contributed by atoms with Crippen LogP contribution in [-0.4, -0.2) is 42.2 Å². The van der Waals surface area contributed by atoms with Gasteiger partial charge < -0.3 is 9.84 Å². The highest BCUT2D eigenvalue weighted by Gasteiger charge is 2.45. The molecular formula is C22H23NO4S. The second kappa shape index (κ2) is 7.53. The minimum Gasteiger partial charge on any atom is -0.507 e. The minimum absolute atomic E-state index is 0.147. The fourth-order valence-corrected chi connectivity index (χ4v) is 6.07. The normalized spacial score (nSPS) is 23.8. The second-order valence-electron chi connectivity index (χ2n) is 7.34. The van der Waals surface area contributed by atoms with E-state index in [1.165, 1.54) is 0 Å². The van der Waals surface area contributed by atoms with E-state index in [1.54, 1.807) is 18.3 Å². The largest absolute Gasteiger partial charge is 0.507 e. The number of ether oxygens (including phenoxy) is 1. The van der Waals surface area contributed by atoms with Gasteiger partial charge in [0.2, 0.25) is 0 Å². The number of fused-ring (bicyclic) bond motifs is 1. The molecule has 0 radical (unpaired) electrons. The molecule has 5 nitrogen and oxygen atoms in total. The third-order valence-electron chi connectivity index (χ3n) is 5.42. The quantitative estimate of drug-likeness (QED) is 0.780. The molecule has 28 heavy (non-hydrogen) atoms. The predicted octanol–water partition coefficient (Wildman–Crippen LogP) is 3.62. The van der Waals surface area contributed by atoms with Gasteiger partial charge in [0, 0.05) is 11.8 Å². The van der Waals surface area contributed by atoms with Crippen molar-refractivity contribution in [1.82, 2.24) is 4.98 Å². The lowest BCUT2D eigenvalue weighted by Gasteiger charge is -2.14. The lowest BCUT2D eigenvalue weighted by Crippen LogP contribution is -2.19. The number of benzene rings is 1. The van der Waals surface area contributed by atoms with Crippen LogP contribution in [0.15, 0.2) is 59.8 Å². The van der Waals surface area contributed by atoms with Gasteiger partial charge in [-0.1, -0.05) is 29.8 Å². The van der Waals surface area contributed by atoms with Gasteiger partial charge in [0.15, 0.2) is 9.84 Å². The topological polar surface area (TPSA) is 76.5 Å². The third-order valence-corrected chi connectivity index (χ3v) is 7.52.